The van der Waals surface area contributed by atoms with Crippen LogP contribution in [0.25, 0.3) is 11.1 Å². The Kier molecular flexibility index (Phi) is 5.09. The van der Waals surface area contributed by atoms with Gasteiger partial charge in [0.05, 0.1) is 0 Å². The van der Waals surface area contributed by atoms with Crippen LogP contribution in [0.4, 0.5) is 0 Å². The highest BCUT2D eigenvalue weighted by Gasteiger charge is 2.31. The first-order valence-electron chi connectivity index (χ1n) is 11.3. The van der Waals surface area contributed by atoms with E-state index < -0.39 is 0 Å². The molecule has 2 aliphatic carbocycles. The van der Waals surface area contributed by atoms with E-state index >= 15 is 0 Å². The number of fused-ring (bicyclic) bond motifs is 2. The summed E-state index contributed by atoms with van der Waals surface area (Å²) in [7, 11) is 0. The fourth-order valence-corrected chi connectivity index (χ4v) is 5.24. The minimum atomic E-state index is 0.208. The van der Waals surface area contributed by atoms with E-state index in [2.05, 4.69) is 102 Å². The second-order valence-corrected chi connectivity index (χ2v) is 11.0. The molecular weight excluding hydrogens is 348 g/mol. The summed E-state index contributed by atoms with van der Waals surface area (Å²) in [6.45, 7) is 14.0. The SMILES string of the molecule is CC(C)(C)C1=CC(CCCC2C=C(C(C)(C)C)c3ccccc32)c2ccccc21. The van der Waals surface area contributed by atoms with Crippen LogP contribution < -0.4 is 0 Å². The Bertz CT molecular complexity index is 877. The van der Waals surface area contributed by atoms with Crippen molar-refractivity contribution >= 4 is 11.1 Å². The summed E-state index contributed by atoms with van der Waals surface area (Å²) in [5, 5.41) is 0. The summed E-state index contributed by atoms with van der Waals surface area (Å²) < 4.78 is 0. The van der Waals surface area contributed by atoms with Gasteiger partial charge in [-0.1, -0.05) is 109 Å². The van der Waals surface area contributed by atoms with E-state index in [9.17, 15) is 0 Å². The molecule has 0 saturated heterocycles. The molecule has 0 spiro atoms. The van der Waals surface area contributed by atoms with Crippen molar-refractivity contribution < 1.29 is 0 Å². The average Bonchev–Trinajstić information content (AvgIpc) is 3.21. The monoisotopic (exact) mass is 384 g/mol. The summed E-state index contributed by atoms with van der Waals surface area (Å²) in [6, 6.07) is 18.1. The van der Waals surface area contributed by atoms with Crippen molar-refractivity contribution in [3.8, 4) is 0 Å². The van der Waals surface area contributed by atoms with Gasteiger partial charge in [0.15, 0.2) is 0 Å². The van der Waals surface area contributed by atoms with E-state index in [1.807, 2.05) is 0 Å². The molecule has 4 rings (SSSR count). The lowest BCUT2D eigenvalue weighted by Crippen LogP contribution is -2.06. The molecule has 0 heteroatoms. The van der Waals surface area contributed by atoms with E-state index in [-0.39, 0.29) is 10.8 Å². The van der Waals surface area contributed by atoms with Crippen molar-refractivity contribution in [1.82, 2.24) is 0 Å². The minimum Gasteiger partial charge on any atom is -0.0726 e. The Balaban J connectivity index is 1.50. The zero-order valence-corrected chi connectivity index (χ0v) is 19.0. The van der Waals surface area contributed by atoms with Crippen LogP contribution in [0.5, 0.6) is 0 Å². The van der Waals surface area contributed by atoms with Crippen molar-refractivity contribution in [2.45, 2.75) is 72.6 Å². The van der Waals surface area contributed by atoms with Crippen LogP contribution in [0.2, 0.25) is 0 Å². The van der Waals surface area contributed by atoms with Gasteiger partial charge in [-0.3, -0.25) is 0 Å². The first-order chi connectivity index (χ1) is 13.7. The molecule has 0 bridgehead atoms. The van der Waals surface area contributed by atoms with Gasteiger partial charge in [0.2, 0.25) is 0 Å². The zero-order chi connectivity index (χ0) is 20.8. The normalized spacial score (nSPS) is 20.9. The topological polar surface area (TPSA) is 0 Å². The van der Waals surface area contributed by atoms with Crippen LogP contribution in [-0.2, 0) is 0 Å². The van der Waals surface area contributed by atoms with E-state index in [4.69, 9.17) is 0 Å². The molecule has 0 fully saturated rings. The lowest BCUT2D eigenvalue weighted by molar-refractivity contribution is 0.564. The number of rotatable bonds is 4. The molecule has 2 aliphatic rings. The zero-order valence-electron chi connectivity index (χ0n) is 19.0. The van der Waals surface area contributed by atoms with Gasteiger partial charge in [-0.2, -0.15) is 0 Å². The van der Waals surface area contributed by atoms with Gasteiger partial charge in [0, 0.05) is 11.8 Å². The highest BCUT2D eigenvalue weighted by Crippen LogP contribution is 2.48. The summed E-state index contributed by atoms with van der Waals surface area (Å²) in [4.78, 5) is 0. The highest BCUT2D eigenvalue weighted by atomic mass is 14.4. The number of hydrogen-bond acceptors (Lipinski definition) is 0. The molecule has 0 aliphatic heterocycles. The second kappa shape index (κ2) is 7.31. The van der Waals surface area contributed by atoms with Gasteiger partial charge >= 0.3 is 0 Å². The molecule has 0 N–H and O–H groups in total. The summed E-state index contributed by atoms with van der Waals surface area (Å²) >= 11 is 0. The molecule has 0 amide bonds. The Labute approximate surface area is 177 Å². The number of benzene rings is 2. The van der Waals surface area contributed by atoms with Crippen molar-refractivity contribution in [2.24, 2.45) is 10.8 Å². The van der Waals surface area contributed by atoms with E-state index in [0.29, 0.717) is 11.8 Å². The van der Waals surface area contributed by atoms with Crippen LogP contribution in [0.3, 0.4) is 0 Å². The smallest absolute Gasteiger partial charge is 0.00302 e. The predicted octanol–water partition coefficient (Wildman–Crippen LogP) is 8.61. The second-order valence-electron chi connectivity index (χ2n) is 11.0. The number of allylic oxidation sites excluding steroid dienone is 4. The maximum Gasteiger partial charge on any atom is 0.00302 e. The molecule has 2 atom stereocenters. The molecule has 2 aromatic carbocycles. The summed E-state index contributed by atoms with van der Waals surface area (Å²) in [5.74, 6) is 1.14. The van der Waals surface area contributed by atoms with Crippen molar-refractivity contribution in [2.75, 3.05) is 0 Å². The van der Waals surface area contributed by atoms with Crippen LogP contribution in [0, 0.1) is 10.8 Å². The minimum absolute atomic E-state index is 0.208. The fraction of sp³-hybridized carbons (Fsp3) is 0.448. The van der Waals surface area contributed by atoms with Crippen molar-refractivity contribution in [3.05, 3.63) is 82.9 Å². The molecule has 0 heterocycles. The molecule has 0 saturated carbocycles. The lowest BCUT2D eigenvalue weighted by Gasteiger charge is -2.21. The van der Waals surface area contributed by atoms with Gasteiger partial charge in [-0.05, 0) is 57.1 Å². The van der Waals surface area contributed by atoms with Crippen LogP contribution in [0.15, 0.2) is 60.7 Å². The summed E-state index contributed by atoms with van der Waals surface area (Å²) in [5.41, 5.74) is 9.50. The van der Waals surface area contributed by atoms with Gasteiger partial charge in [0.1, 0.15) is 0 Å². The summed E-state index contributed by atoms with van der Waals surface area (Å²) in [6.07, 6.45) is 8.87. The third-order valence-electron chi connectivity index (χ3n) is 6.68. The molecule has 0 radical (unpaired) electrons. The van der Waals surface area contributed by atoms with Gasteiger partial charge in [-0.25, -0.2) is 0 Å². The first-order valence-corrected chi connectivity index (χ1v) is 11.3. The molecule has 2 aromatic rings. The maximum atomic E-state index is 2.56. The first kappa shape index (κ1) is 20.2. The molecule has 152 valence electrons. The Morgan fingerprint density at radius 2 is 0.966 bits per heavy atom. The van der Waals surface area contributed by atoms with Gasteiger partial charge in [-0.15, -0.1) is 0 Å². The maximum absolute atomic E-state index is 2.56. The molecule has 29 heavy (non-hydrogen) atoms. The van der Waals surface area contributed by atoms with Crippen LogP contribution in [0.1, 0.15) is 94.9 Å². The van der Waals surface area contributed by atoms with Crippen LogP contribution in [-0.4, -0.2) is 0 Å². The largest absolute Gasteiger partial charge is 0.0726 e. The Hall–Kier alpha value is -2.08. The third kappa shape index (κ3) is 3.87. The Morgan fingerprint density at radius 3 is 1.34 bits per heavy atom. The van der Waals surface area contributed by atoms with Crippen molar-refractivity contribution in [3.63, 3.8) is 0 Å². The molecule has 0 aromatic heterocycles. The average molecular weight is 385 g/mol. The standard InChI is InChI=1S/C29H36/c1-28(2,3)26-18-20(22-14-7-9-16-24(22)26)12-11-13-21-19-27(29(4,5)6)25-17-10-8-15-23(21)25/h7-10,14-21H,11-13H2,1-6H3. The quantitative estimate of drug-likeness (QED) is 0.495. The fourth-order valence-electron chi connectivity index (χ4n) is 5.24. The molecular formula is C29H36. The number of hydrogen-bond donors (Lipinski definition) is 0. The van der Waals surface area contributed by atoms with E-state index in [0.717, 1.165) is 0 Å². The molecule has 0 nitrogen and oxygen atoms in total. The van der Waals surface area contributed by atoms with E-state index in [1.165, 1.54) is 52.7 Å². The van der Waals surface area contributed by atoms with E-state index in [1.54, 1.807) is 0 Å². The predicted molar refractivity (Wildman–Crippen MR) is 127 cm³/mol. The Morgan fingerprint density at radius 1 is 0.586 bits per heavy atom. The van der Waals surface area contributed by atoms with Gasteiger partial charge < -0.3 is 0 Å². The highest BCUT2D eigenvalue weighted by molar-refractivity contribution is 5.78. The molecule has 2 unspecified atom stereocenters. The third-order valence-corrected chi connectivity index (χ3v) is 6.68. The van der Waals surface area contributed by atoms with Gasteiger partial charge in [0.25, 0.3) is 0 Å². The van der Waals surface area contributed by atoms with Crippen LogP contribution >= 0.6 is 0 Å². The lowest BCUT2D eigenvalue weighted by atomic mass is 9.83. The van der Waals surface area contributed by atoms with Crippen molar-refractivity contribution in [1.29, 1.82) is 0 Å².